The Morgan fingerprint density at radius 1 is 1.12 bits per heavy atom. The number of halogens is 2. The Bertz CT molecular complexity index is 753. The van der Waals surface area contributed by atoms with Crippen molar-refractivity contribution in [1.29, 1.82) is 0 Å². The van der Waals surface area contributed by atoms with Crippen LogP contribution in [-0.2, 0) is 4.79 Å². The van der Waals surface area contributed by atoms with E-state index in [1.807, 2.05) is 0 Å². The Labute approximate surface area is 142 Å². The summed E-state index contributed by atoms with van der Waals surface area (Å²) in [5.41, 5.74) is 0.177. The van der Waals surface area contributed by atoms with Gasteiger partial charge in [0.2, 0.25) is 0 Å². The average molecular weight is 351 g/mol. The van der Waals surface area contributed by atoms with E-state index in [0.717, 1.165) is 6.07 Å². The standard InChI is InChI=1S/C17H15F2NO3S/c18-12-7-6-11(10-4-2-1-3-5-10)14(15(12)19)16(21)20-13(8-9-24)17(22)23/h1-7,13,24H,8-9H2,(H,20,21)(H,22,23)/t13-/m0/s1. The largest absolute Gasteiger partial charge is 0.480 e. The van der Waals surface area contributed by atoms with Gasteiger partial charge in [-0.15, -0.1) is 0 Å². The molecule has 4 nitrogen and oxygen atoms in total. The Morgan fingerprint density at radius 3 is 2.38 bits per heavy atom. The lowest BCUT2D eigenvalue weighted by atomic mass is 9.98. The molecule has 0 saturated carbocycles. The highest BCUT2D eigenvalue weighted by molar-refractivity contribution is 7.80. The van der Waals surface area contributed by atoms with Gasteiger partial charge >= 0.3 is 5.97 Å². The molecule has 2 N–H and O–H groups in total. The van der Waals surface area contributed by atoms with Crippen molar-refractivity contribution >= 4 is 24.5 Å². The molecular weight excluding hydrogens is 336 g/mol. The van der Waals surface area contributed by atoms with Crippen LogP contribution in [0.25, 0.3) is 11.1 Å². The highest BCUT2D eigenvalue weighted by atomic mass is 32.1. The molecule has 24 heavy (non-hydrogen) atoms. The Balaban J connectivity index is 2.46. The van der Waals surface area contributed by atoms with Gasteiger partial charge in [0, 0.05) is 0 Å². The number of carboxylic acid groups (broad SMARTS) is 1. The van der Waals surface area contributed by atoms with Crippen LogP contribution in [0.4, 0.5) is 8.78 Å². The van der Waals surface area contributed by atoms with Crippen LogP contribution in [0.15, 0.2) is 42.5 Å². The second-order valence-electron chi connectivity index (χ2n) is 5.03. The van der Waals surface area contributed by atoms with Crippen LogP contribution in [0, 0.1) is 11.6 Å². The van der Waals surface area contributed by atoms with E-state index in [1.54, 1.807) is 30.3 Å². The van der Waals surface area contributed by atoms with E-state index in [0.29, 0.717) is 5.56 Å². The first kappa shape index (κ1) is 17.9. The van der Waals surface area contributed by atoms with Gasteiger partial charge in [0.05, 0.1) is 5.56 Å². The number of aliphatic carboxylic acids is 1. The molecule has 0 unspecified atom stereocenters. The first-order valence-corrected chi connectivity index (χ1v) is 7.77. The number of nitrogens with one attached hydrogen (secondary N) is 1. The Hall–Kier alpha value is -2.41. The summed E-state index contributed by atoms with van der Waals surface area (Å²) in [6.07, 6.45) is 0.0573. The number of hydrogen-bond donors (Lipinski definition) is 3. The van der Waals surface area contributed by atoms with Gasteiger partial charge in [0.15, 0.2) is 11.6 Å². The first-order valence-electron chi connectivity index (χ1n) is 7.13. The maximum Gasteiger partial charge on any atom is 0.326 e. The molecular formula is C17H15F2NO3S. The normalized spacial score (nSPS) is 11.8. The summed E-state index contributed by atoms with van der Waals surface area (Å²) in [4.78, 5) is 23.5. The summed E-state index contributed by atoms with van der Waals surface area (Å²) in [5.74, 6) is -4.53. The van der Waals surface area contributed by atoms with Gasteiger partial charge in [-0.05, 0) is 29.4 Å². The molecule has 0 fully saturated rings. The number of hydrogen-bond acceptors (Lipinski definition) is 3. The van der Waals surface area contributed by atoms with Gasteiger partial charge < -0.3 is 10.4 Å². The van der Waals surface area contributed by atoms with Crippen molar-refractivity contribution in [2.24, 2.45) is 0 Å². The minimum atomic E-state index is -1.32. The van der Waals surface area contributed by atoms with Crippen molar-refractivity contribution in [3.05, 3.63) is 59.7 Å². The second kappa shape index (κ2) is 7.92. The number of benzene rings is 2. The molecule has 0 aromatic heterocycles. The number of carboxylic acids is 1. The van der Waals surface area contributed by atoms with Gasteiger partial charge in [-0.3, -0.25) is 4.79 Å². The molecule has 1 amide bonds. The van der Waals surface area contributed by atoms with Crippen LogP contribution in [0.1, 0.15) is 16.8 Å². The molecule has 126 valence electrons. The second-order valence-corrected chi connectivity index (χ2v) is 5.47. The van der Waals surface area contributed by atoms with Crippen LogP contribution in [0.2, 0.25) is 0 Å². The number of amides is 1. The van der Waals surface area contributed by atoms with Gasteiger partial charge in [0.25, 0.3) is 5.91 Å². The van der Waals surface area contributed by atoms with E-state index in [2.05, 4.69) is 17.9 Å². The third-order valence-corrected chi connectivity index (χ3v) is 3.69. The number of carbonyl (C=O) groups excluding carboxylic acids is 1. The minimum Gasteiger partial charge on any atom is -0.480 e. The predicted octanol–water partition coefficient (Wildman–Crippen LogP) is 3.13. The summed E-state index contributed by atoms with van der Waals surface area (Å²) >= 11 is 3.93. The zero-order valence-electron chi connectivity index (χ0n) is 12.5. The third kappa shape index (κ3) is 3.91. The molecule has 1 atom stereocenters. The minimum absolute atomic E-state index is 0.0573. The molecule has 2 rings (SSSR count). The summed E-state index contributed by atoms with van der Waals surface area (Å²) in [6.45, 7) is 0. The molecule has 0 bridgehead atoms. The number of carbonyl (C=O) groups is 2. The summed E-state index contributed by atoms with van der Waals surface area (Å²) in [6, 6.07) is 9.40. The zero-order valence-corrected chi connectivity index (χ0v) is 13.4. The zero-order chi connectivity index (χ0) is 17.7. The molecule has 2 aromatic rings. The fraction of sp³-hybridized carbons (Fsp3) is 0.176. The summed E-state index contributed by atoms with van der Waals surface area (Å²) in [5, 5.41) is 11.3. The molecule has 7 heteroatoms. The third-order valence-electron chi connectivity index (χ3n) is 3.43. The highest BCUT2D eigenvalue weighted by Gasteiger charge is 2.25. The number of thiol groups is 1. The van der Waals surface area contributed by atoms with Crippen LogP contribution < -0.4 is 5.32 Å². The SMILES string of the molecule is O=C(N[C@@H](CCS)C(=O)O)c1c(-c2ccccc2)ccc(F)c1F. The quantitative estimate of drug-likeness (QED) is 0.701. The first-order chi connectivity index (χ1) is 11.5. The van der Waals surface area contributed by atoms with E-state index >= 15 is 0 Å². The lowest BCUT2D eigenvalue weighted by Crippen LogP contribution is -2.41. The molecule has 0 spiro atoms. The Morgan fingerprint density at radius 2 is 1.79 bits per heavy atom. The lowest BCUT2D eigenvalue weighted by Gasteiger charge is -2.16. The monoisotopic (exact) mass is 351 g/mol. The van der Waals surface area contributed by atoms with Gasteiger partial charge in [0.1, 0.15) is 6.04 Å². The average Bonchev–Trinajstić information content (AvgIpc) is 2.57. The maximum atomic E-state index is 14.2. The lowest BCUT2D eigenvalue weighted by molar-refractivity contribution is -0.139. The van der Waals surface area contributed by atoms with Gasteiger partial charge in [-0.1, -0.05) is 36.4 Å². The van der Waals surface area contributed by atoms with Crippen molar-refractivity contribution in [3.63, 3.8) is 0 Å². The molecule has 0 aliphatic rings. The van der Waals surface area contributed by atoms with Gasteiger partial charge in [-0.25, -0.2) is 13.6 Å². The van der Waals surface area contributed by atoms with Crippen molar-refractivity contribution < 1.29 is 23.5 Å². The van der Waals surface area contributed by atoms with Crippen LogP contribution >= 0.6 is 12.6 Å². The predicted molar refractivity (Wildman–Crippen MR) is 89.2 cm³/mol. The molecule has 0 radical (unpaired) electrons. The number of rotatable bonds is 6. The van der Waals surface area contributed by atoms with E-state index in [9.17, 15) is 18.4 Å². The summed E-state index contributed by atoms with van der Waals surface area (Å²) < 4.78 is 27.8. The molecule has 0 aliphatic heterocycles. The van der Waals surface area contributed by atoms with Crippen LogP contribution in [0.3, 0.4) is 0 Å². The smallest absolute Gasteiger partial charge is 0.326 e. The van der Waals surface area contributed by atoms with Gasteiger partial charge in [-0.2, -0.15) is 12.6 Å². The van der Waals surface area contributed by atoms with E-state index in [-0.39, 0.29) is 17.7 Å². The highest BCUT2D eigenvalue weighted by Crippen LogP contribution is 2.27. The van der Waals surface area contributed by atoms with E-state index in [4.69, 9.17) is 5.11 Å². The Kier molecular flexibility index (Phi) is 5.92. The maximum absolute atomic E-state index is 14.2. The topological polar surface area (TPSA) is 66.4 Å². The van der Waals surface area contributed by atoms with E-state index < -0.39 is 35.1 Å². The molecule has 0 saturated heterocycles. The van der Waals surface area contributed by atoms with Crippen molar-refractivity contribution in [2.45, 2.75) is 12.5 Å². The van der Waals surface area contributed by atoms with Crippen molar-refractivity contribution in [3.8, 4) is 11.1 Å². The fourth-order valence-electron chi connectivity index (χ4n) is 2.25. The van der Waals surface area contributed by atoms with E-state index in [1.165, 1.54) is 6.07 Å². The van der Waals surface area contributed by atoms with Crippen molar-refractivity contribution in [1.82, 2.24) is 5.32 Å². The molecule has 2 aromatic carbocycles. The molecule has 0 heterocycles. The van der Waals surface area contributed by atoms with Crippen LogP contribution in [-0.4, -0.2) is 28.8 Å². The van der Waals surface area contributed by atoms with Crippen LogP contribution in [0.5, 0.6) is 0 Å². The molecule has 0 aliphatic carbocycles. The fourth-order valence-corrected chi connectivity index (χ4v) is 2.51. The van der Waals surface area contributed by atoms with Crippen molar-refractivity contribution in [2.75, 3.05) is 5.75 Å². The summed E-state index contributed by atoms with van der Waals surface area (Å²) in [7, 11) is 0.